The lowest BCUT2D eigenvalue weighted by Crippen LogP contribution is -2.30. The Morgan fingerprint density at radius 1 is 1.40 bits per heavy atom. The van der Waals surface area contributed by atoms with Crippen molar-refractivity contribution in [3.05, 3.63) is 11.1 Å². The molecule has 0 aromatic heterocycles. The highest BCUT2D eigenvalue weighted by molar-refractivity contribution is 5.77. The first-order valence-electron chi connectivity index (χ1n) is 5.37. The van der Waals surface area contributed by atoms with Crippen LogP contribution in [0.4, 0.5) is 0 Å². The Kier molecular flexibility index (Phi) is 4.06. The van der Waals surface area contributed by atoms with E-state index in [2.05, 4.69) is 0 Å². The molecule has 84 valence electrons. The molecule has 0 heterocycles. The van der Waals surface area contributed by atoms with E-state index in [0.717, 1.165) is 6.29 Å². The molecule has 0 fully saturated rings. The van der Waals surface area contributed by atoms with Crippen molar-refractivity contribution >= 4 is 12.3 Å². The smallest absolute Gasteiger partial charge is 0.309 e. The Bertz CT molecular complexity index is 291. The maximum absolute atomic E-state index is 11.6. The summed E-state index contributed by atoms with van der Waals surface area (Å²) < 4.78 is 4.98. The minimum absolute atomic E-state index is 0.201. The SMILES string of the molecule is CCOC(=O)[C@@H]1CC(C)=C(C)C[C@H]1C=O. The van der Waals surface area contributed by atoms with Crippen LogP contribution in [0, 0.1) is 11.8 Å². The Morgan fingerprint density at radius 2 is 2.00 bits per heavy atom. The minimum atomic E-state index is -0.272. The summed E-state index contributed by atoms with van der Waals surface area (Å²) in [4.78, 5) is 22.5. The van der Waals surface area contributed by atoms with Crippen LogP contribution in [0.5, 0.6) is 0 Å². The highest BCUT2D eigenvalue weighted by Gasteiger charge is 2.33. The molecule has 0 saturated heterocycles. The van der Waals surface area contributed by atoms with Crippen molar-refractivity contribution in [2.75, 3.05) is 6.61 Å². The number of hydrogen-bond acceptors (Lipinski definition) is 3. The molecule has 1 rings (SSSR count). The van der Waals surface area contributed by atoms with Crippen molar-refractivity contribution in [2.45, 2.75) is 33.6 Å². The van der Waals surface area contributed by atoms with Gasteiger partial charge in [0.05, 0.1) is 12.5 Å². The van der Waals surface area contributed by atoms with Crippen molar-refractivity contribution in [1.82, 2.24) is 0 Å². The number of rotatable bonds is 3. The molecule has 0 amide bonds. The lowest BCUT2D eigenvalue weighted by molar-refractivity contribution is -0.151. The van der Waals surface area contributed by atoms with Crippen molar-refractivity contribution in [2.24, 2.45) is 11.8 Å². The predicted octanol–water partition coefficient (Wildman–Crippen LogP) is 2.11. The third kappa shape index (κ3) is 2.67. The van der Waals surface area contributed by atoms with Crippen LogP contribution in [0.1, 0.15) is 33.6 Å². The predicted molar refractivity (Wildman–Crippen MR) is 57.3 cm³/mol. The standard InChI is InChI=1S/C12H18O3/c1-4-15-12(14)11-6-9(3)8(2)5-10(11)7-13/h7,10-11H,4-6H2,1-3H3/t10-,11+/m0/s1. The number of esters is 1. The minimum Gasteiger partial charge on any atom is -0.466 e. The van der Waals surface area contributed by atoms with Gasteiger partial charge in [0.1, 0.15) is 6.29 Å². The molecule has 1 aliphatic rings. The molecule has 0 saturated carbocycles. The summed E-state index contributed by atoms with van der Waals surface area (Å²) >= 11 is 0. The molecule has 15 heavy (non-hydrogen) atoms. The quantitative estimate of drug-likeness (QED) is 0.407. The van der Waals surface area contributed by atoms with Crippen LogP contribution in [0.2, 0.25) is 0 Å². The molecule has 0 N–H and O–H groups in total. The Hall–Kier alpha value is -1.12. The number of ether oxygens (including phenoxy) is 1. The van der Waals surface area contributed by atoms with E-state index in [1.807, 2.05) is 13.8 Å². The average molecular weight is 210 g/mol. The van der Waals surface area contributed by atoms with E-state index >= 15 is 0 Å². The van der Waals surface area contributed by atoms with Crippen molar-refractivity contribution in [3.8, 4) is 0 Å². The van der Waals surface area contributed by atoms with E-state index in [1.165, 1.54) is 11.1 Å². The van der Waals surface area contributed by atoms with Gasteiger partial charge in [0, 0.05) is 5.92 Å². The maximum Gasteiger partial charge on any atom is 0.309 e. The molecule has 3 nitrogen and oxygen atoms in total. The topological polar surface area (TPSA) is 43.4 Å². The van der Waals surface area contributed by atoms with Crippen LogP contribution in [-0.4, -0.2) is 18.9 Å². The van der Waals surface area contributed by atoms with Crippen molar-refractivity contribution in [3.63, 3.8) is 0 Å². The first kappa shape index (κ1) is 12.0. The highest BCUT2D eigenvalue weighted by Crippen LogP contribution is 2.33. The number of aldehydes is 1. The van der Waals surface area contributed by atoms with Crippen LogP contribution in [0.15, 0.2) is 11.1 Å². The number of allylic oxidation sites excluding steroid dienone is 2. The van der Waals surface area contributed by atoms with E-state index in [9.17, 15) is 9.59 Å². The van der Waals surface area contributed by atoms with Crippen LogP contribution >= 0.6 is 0 Å². The summed E-state index contributed by atoms with van der Waals surface area (Å²) in [5.74, 6) is -0.708. The van der Waals surface area contributed by atoms with E-state index in [0.29, 0.717) is 19.4 Å². The third-order valence-corrected chi connectivity index (χ3v) is 3.08. The molecule has 3 heteroatoms. The summed E-state index contributed by atoms with van der Waals surface area (Å²) in [7, 11) is 0. The van der Waals surface area contributed by atoms with Gasteiger partial charge in [-0.05, 0) is 33.6 Å². The molecule has 0 aliphatic heterocycles. The van der Waals surface area contributed by atoms with E-state index in [-0.39, 0.29) is 17.8 Å². The second-order valence-electron chi connectivity index (χ2n) is 4.13. The highest BCUT2D eigenvalue weighted by atomic mass is 16.5. The molecule has 1 aliphatic carbocycles. The van der Waals surface area contributed by atoms with Crippen LogP contribution in [0.25, 0.3) is 0 Å². The number of carbonyl (C=O) groups is 2. The van der Waals surface area contributed by atoms with Crippen LogP contribution in [-0.2, 0) is 14.3 Å². The normalized spacial score (nSPS) is 26.3. The van der Waals surface area contributed by atoms with Gasteiger partial charge in [0.2, 0.25) is 0 Å². The summed E-state index contributed by atoms with van der Waals surface area (Å²) in [6.07, 6.45) is 2.24. The molecule has 0 aromatic carbocycles. The van der Waals surface area contributed by atoms with E-state index in [4.69, 9.17) is 4.74 Å². The number of hydrogen-bond donors (Lipinski definition) is 0. The zero-order chi connectivity index (χ0) is 11.4. The summed E-state index contributed by atoms with van der Waals surface area (Å²) in [5, 5.41) is 0. The van der Waals surface area contributed by atoms with Gasteiger partial charge >= 0.3 is 5.97 Å². The molecular formula is C12H18O3. The Labute approximate surface area is 90.5 Å². The molecule has 0 spiro atoms. The van der Waals surface area contributed by atoms with Gasteiger partial charge in [0.15, 0.2) is 0 Å². The van der Waals surface area contributed by atoms with E-state index in [1.54, 1.807) is 6.92 Å². The van der Waals surface area contributed by atoms with Crippen LogP contribution in [0.3, 0.4) is 0 Å². The first-order valence-corrected chi connectivity index (χ1v) is 5.37. The summed E-state index contributed by atoms with van der Waals surface area (Å²) in [6, 6.07) is 0. The van der Waals surface area contributed by atoms with Crippen LogP contribution < -0.4 is 0 Å². The van der Waals surface area contributed by atoms with Gasteiger partial charge in [0.25, 0.3) is 0 Å². The second-order valence-corrected chi connectivity index (χ2v) is 4.13. The summed E-state index contributed by atoms with van der Waals surface area (Å²) in [6.45, 7) is 6.20. The fourth-order valence-electron chi connectivity index (χ4n) is 1.98. The van der Waals surface area contributed by atoms with Gasteiger partial charge in [-0.15, -0.1) is 0 Å². The van der Waals surface area contributed by atoms with Crippen molar-refractivity contribution < 1.29 is 14.3 Å². The van der Waals surface area contributed by atoms with Crippen molar-refractivity contribution in [1.29, 1.82) is 0 Å². The summed E-state index contributed by atoms with van der Waals surface area (Å²) in [5.41, 5.74) is 2.44. The lowest BCUT2D eigenvalue weighted by Gasteiger charge is -2.27. The fraction of sp³-hybridized carbons (Fsp3) is 0.667. The Morgan fingerprint density at radius 3 is 2.53 bits per heavy atom. The average Bonchev–Trinajstić information content (AvgIpc) is 2.21. The van der Waals surface area contributed by atoms with Gasteiger partial charge in [-0.25, -0.2) is 0 Å². The molecular weight excluding hydrogens is 192 g/mol. The third-order valence-electron chi connectivity index (χ3n) is 3.08. The Balaban J connectivity index is 2.79. The first-order chi connectivity index (χ1) is 7.10. The van der Waals surface area contributed by atoms with Gasteiger partial charge in [-0.3, -0.25) is 4.79 Å². The zero-order valence-corrected chi connectivity index (χ0v) is 9.58. The monoisotopic (exact) mass is 210 g/mol. The fourth-order valence-corrected chi connectivity index (χ4v) is 1.98. The largest absolute Gasteiger partial charge is 0.466 e. The maximum atomic E-state index is 11.6. The molecule has 2 atom stereocenters. The van der Waals surface area contributed by atoms with Gasteiger partial charge in [-0.1, -0.05) is 11.1 Å². The molecule has 0 unspecified atom stereocenters. The second kappa shape index (κ2) is 5.10. The molecule has 0 aromatic rings. The van der Waals surface area contributed by atoms with E-state index < -0.39 is 0 Å². The van der Waals surface area contributed by atoms with Gasteiger partial charge in [-0.2, -0.15) is 0 Å². The molecule has 0 radical (unpaired) electrons. The molecule has 0 bridgehead atoms. The van der Waals surface area contributed by atoms with Gasteiger partial charge < -0.3 is 9.53 Å². The number of carbonyl (C=O) groups excluding carboxylic acids is 2. The zero-order valence-electron chi connectivity index (χ0n) is 9.58. The lowest BCUT2D eigenvalue weighted by atomic mass is 9.77.